The average molecular weight is 1820 g/mol. The highest BCUT2D eigenvalue weighted by Gasteiger charge is 2.68. The van der Waals surface area contributed by atoms with Gasteiger partial charge >= 0.3 is 72.1 Å². The van der Waals surface area contributed by atoms with E-state index in [1.165, 1.54) is 60.0 Å². The van der Waals surface area contributed by atoms with E-state index in [-0.39, 0.29) is 41.8 Å². The first kappa shape index (κ1) is 104. The number of carbonyl (C=O) groups is 1. The molecule has 0 aliphatic rings. The molecule has 26 nitrogen and oxygen atoms in total. The van der Waals surface area contributed by atoms with Crippen molar-refractivity contribution in [3.8, 4) is 28.7 Å². The molecule has 1 atom stereocenters. The van der Waals surface area contributed by atoms with Crippen molar-refractivity contribution >= 4 is 111 Å². The predicted octanol–water partition coefficient (Wildman–Crippen LogP) is 13.5. The van der Waals surface area contributed by atoms with Crippen LogP contribution in [0.25, 0.3) is 0 Å². The van der Waals surface area contributed by atoms with E-state index >= 15 is 0 Å². The third-order valence-corrected chi connectivity index (χ3v) is 28.4. The Bertz CT molecular complexity index is 5290. The first-order chi connectivity index (χ1) is 53.3. The van der Waals surface area contributed by atoms with Crippen molar-refractivity contribution in [2.24, 2.45) is 0 Å². The van der Waals surface area contributed by atoms with Crippen LogP contribution in [0.2, 0.25) is 13.1 Å². The van der Waals surface area contributed by atoms with Crippen LogP contribution in [-0.2, 0) is 103 Å². The second-order valence-electron chi connectivity index (χ2n) is 21.9. The van der Waals surface area contributed by atoms with E-state index < -0.39 is 163 Å². The number of ether oxygens (including phenoxy) is 1. The molecular formula is C70H77F9O26S9Si. The number of halogens is 9. The molecule has 0 aliphatic heterocycles. The van der Waals surface area contributed by atoms with Gasteiger partial charge in [0.25, 0.3) is 25.4 Å². The van der Waals surface area contributed by atoms with E-state index in [9.17, 15) is 112 Å². The van der Waals surface area contributed by atoms with E-state index in [4.69, 9.17) is 16.4 Å². The van der Waals surface area contributed by atoms with E-state index in [0.29, 0.717) is 28.4 Å². The zero-order valence-corrected chi connectivity index (χ0v) is 69.5. The Morgan fingerprint density at radius 2 is 0.930 bits per heavy atom. The van der Waals surface area contributed by atoms with Gasteiger partial charge in [-0.05, 0) is 99.0 Å². The van der Waals surface area contributed by atoms with Gasteiger partial charge in [0.05, 0.1) is 25.6 Å². The molecule has 0 spiro atoms. The monoisotopic (exact) mass is 1820 g/mol. The maximum absolute atomic E-state index is 13.3. The van der Waals surface area contributed by atoms with Crippen LogP contribution in [0.4, 0.5) is 39.5 Å². The van der Waals surface area contributed by atoms with Crippen molar-refractivity contribution in [2.75, 3.05) is 37.1 Å². The SMILES string of the molecule is C/C=C/CS(=O)(=O)Oc1ccccc1.C=C(C)CS(=O)(=O)Oc1ccccc1.C=CCC(=O)S(=O)(=O)Oc1ccccc1.C=CCOC(F)(F)C(F)(F)S(=O)(=O)OCC.C=CCOS(=O)(=O)C(C=C)S(=O)(=O)Oc1ccccc1.C=CCS(=O)(=O)O[Si](C)(C)c1ccccc1.O=S(=O)(Oc1c(F)c(F)c(F)c(F)c1F)c1cccs1. The van der Waals surface area contributed by atoms with E-state index in [0.717, 1.165) is 30.3 Å². The van der Waals surface area contributed by atoms with Crippen molar-refractivity contribution in [1.29, 1.82) is 0 Å². The van der Waals surface area contributed by atoms with E-state index in [2.05, 4.69) is 60.9 Å². The van der Waals surface area contributed by atoms with Crippen LogP contribution in [0.3, 0.4) is 0 Å². The molecule has 1 unspecified atom stereocenters. The van der Waals surface area contributed by atoms with Crippen molar-refractivity contribution in [3.05, 3.63) is 286 Å². The Labute approximate surface area is 667 Å². The fourth-order valence-electron chi connectivity index (χ4n) is 7.16. The summed E-state index contributed by atoms with van der Waals surface area (Å²) in [5.74, 6) is -13.2. The summed E-state index contributed by atoms with van der Waals surface area (Å²) in [5, 5.41) is -4.17. The fourth-order valence-corrected chi connectivity index (χ4v) is 19.9. The molecule has 0 N–H and O–H groups in total. The zero-order chi connectivity index (χ0) is 87.9. The molecule has 0 amide bonds. The topological polar surface area (TPSA) is 373 Å². The molecule has 0 bridgehead atoms. The van der Waals surface area contributed by atoms with Gasteiger partial charge in [-0.3, -0.25) is 13.2 Å². The van der Waals surface area contributed by atoms with Crippen molar-refractivity contribution < 1.29 is 150 Å². The van der Waals surface area contributed by atoms with Gasteiger partial charge in [-0.25, -0.2) is 21.6 Å². The number of rotatable bonds is 35. The molecule has 634 valence electrons. The van der Waals surface area contributed by atoms with Crippen LogP contribution in [0.5, 0.6) is 28.7 Å². The van der Waals surface area contributed by atoms with Crippen LogP contribution in [0.1, 0.15) is 27.2 Å². The highest BCUT2D eigenvalue weighted by atomic mass is 32.3. The van der Waals surface area contributed by atoms with Crippen LogP contribution >= 0.6 is 11.3 Å². The minimum Gasteiger partial charge on any atom is -0.382 e. The van der Waals surface area contributed by atoms with Crippen LogP contribution in [0.15, 0.2) is 261 Å². The summed E-state index contributed by atoms with van der Waals surface area (Å²) in [6.07, 6.45) is 3.02. The molecule has 0 aliphatic carbocycles. The molecule has 0 saturated heterocycles. The van der Waals surface area contributed by atoms with Gasteiger partial charge in [-0.1, -0.05) is 164 Å². The lowest BCUT2D eigenvalue weighted by Crippen LogP contribution is -2.49. The number of thiophene rings is 1. The molecular weight excluding hydrogens is 1740 g/mol. The molecule has 7 rings (SSSR count). The number of para-hydroxylation sites is 4. The summed E-state index contributed by atoms with van der Waals surface area (Å²) < 4.78 is 337. The summed E-state index contributed by atoms with van der Waals surface area (Å²) >= 11 is 0.653. The van der Waals surface area contributed by atoms with Gasteiger partial charge in [-0.15, -0.1) is 44.2 Å². The summed E-state index contributed by atoms with van der Waals surface area (Å²) in [6, 6.07) is 44.1. The average Bonchev–Trinajstić information content (AvgIpc) is 1.17. The zero-order valence-electron chi connectivity index (χ0n) is 61.2. The van der Waals surface area contributed by atoms with E-state index in [1.807, 2.05) is 43.4 Å². The number of hydrogen-bond donors (Lipinski definition) is 0. The van der Waals surface area contributed by atoms with E-state index in [1.54, 1.807) is 117 Å². The highest BCUT2D eigenvalue weighted by molar-refractivity contribution is 8.05. The second kappa shape index (κ2) is 47.8. The number of alkyl halides is 4. The maximum Gasteiger partial charge on any atom is 0.460 e. The molecule has 6 aromatic carbocycles. The van der Waals surface area contributed by atoms with Crippen LogP contribution < -0.4 is 26.1 Å². The Morgan fingerprint density at radius 3 is 1.32 bits per heavy atom. The fraction of sp³-hybridized carbons (Fsp3) is 0.214. The lowest BCUT2D eigenvalue weighted by Gasteiger charge is -2.24. The lowest BCUT2D eigenvalue weighted by molar-refractivity contribution is -0.314. The molecule has 0 saturated carbocycles. The quantitative estimate of drug-likeness (QED) is 0.00889. The first-order valence-corrected chi connectivity index (χ1v) is 47.4. The number of hydrogen-bond acceptors (Lipinski definition) is 27. The number of allylic oxidation sites excluding steroid dienone is 2. The largest absolute Gasteiger partial charge is 0.460 e. The van der Waals surface area contributed by atoms with Crippen LogP contribution in [0, 0.1) is 29.1 Å². The van der Waals surface area contributed by atoms with Gasteiger partial charge in [0.1, 0.15) is 34.5 Å². The molecule has 0 fully saturated rings. The van der Waals surface area contributed by atoms with Gasteiger partial charge in [0.2, 0.25) is 47.7 Å². The smallest absolute Gasteiger partial charge is 0.382 e. The standard InChI is InChI=1S/C12H14O6S2.C11H16O3SSi.C10H3F5O3S2.C10H10O4S.2C10H12O3S.C7H10F4O4S/c1-3-10-17-19(13,14)12(4-2)20(15,16)18-11-8-6-5-7-9-11;1-4-10-15(12,13)14-16(2,3)11-8-6-5-7-9-11;11-5-6(12)8(14)10(9(15)7(5)13)18-20(16,17)4-2-1-3-19-4;1-2-6-10(11)15(12,13)14-9-7-4-3-5-8-9;1-9(2)8-14(11,12)13-10-6-4-3-5-7-10;1-2-3-9-14(11,12)13-10-7-5-4-6-8-10;1-3-5-14-6(8,9)7(10,11)16(12,13)15-4-2/h3-9,12H,1-2,10H2;4-9H,1,10H2,2-3H3;1-3H;2-5,7-8H,1,6H2;3-7H,1,8H2,2H3;2-8H,9H2,1H3;3H,1,4-5H2,2H3/b;;;;;3-2+;. The van der Waals surface area contributed by atoms with Gasteiger partial charge < -0.3 is 29.5 Å². The summed E-state index contributed by atoms with van der Waals surface area (Å²) in [7, 11) is -36.4. The molecule has 7 aromatic rings. The summed E-state index contributed by atoms with van der Waals surface area (Å²) in [4.78, 5) is 11.1. The minimum atomic E-state index is -5.74. The summed E-state index contributed by atoms with van der Waals surface area (Å²) in [6.45, 7) is 25.9. The molecule has 45 heteroatoms. The van der Waals surface area contributed by atoms with Crippen molar-refractivity contribution in [3.63, 3.8) is 0 Å². The highest BCUT2D eigenvalue weighted by Crippen LogP contribution is 2.41. The molecule has 115 heavy (non-hydrogen) atoms. The maximum atomic E-state index is 13.3. The Morgan fingerprint density at radius 1 is 0.504 bits per heavy atom. The first-order valence-electron chi connectivity index (χ1n) is 31.7. The number of benzene rings is 6. The Hall–Kier alpha value is -9.10. The van der Waals surface area contributed by atoms with Crippen LogP contribution in [-0.4, -0.2) is 134 Å². The third-order valence-electron chi connectivity index (χ3n) is 12.0. The van der Waals surface area contributed by atoms with Gasteiger partial charge in [-0.2, -0.15) is 85.3 Å². The summed E-state index contributed by atoms with van der Waals surface area (Å²) in [5.41, 5.74) is 0.556. The van der Waals surface area contributed by atoms with Gasteiger partial charge in [0, 0.05) is 6.42 Å². The minimum absolute atomic E-state index is 0.00160. The lowest BCUT2D eigenvalue weighted by atomic mass is 10.3. The Kier molecular flexibility index (Phi) is 43.2. The molecule has 1 aromatic heterocycles. The van der Waals surface area contributed by atoms with Gasteiger partial charge in [0.15, 0.2) is 4.21 Å². The van der Waals surface area contributed by atoms with Crippen molar-refractivity contribution in [1.82, 2.24) is 0 Å². The normalized spacial score (nSPS) is 12.2. The predicted molar refractivity (Wildman–Crippen MR) is 416 cm³/mol. The third kappa shape index (κ3) is 36.7. The molecule has 1 heterocycles. The molecule has 0 radical (unpaired) electrons. The number of carbonyl (C=O) groups excluding carboxylic acids is 1. The Balaban J connectivity index is 0.000000674. The second-order valence-corrected chi connectivity index (χ2v) is 40.3. The van der Waals surface area contributed by atoms with Crippen molar-refractivity contribution in [2.45, 2.75) is 60.4 Å².